The summed E-state index contributed by atoms with van der Waals surface area (Å²) in [5, 5.41) is 12.7. The molecule has 0 fully saturated rings. The van der Waals surface area contributed by atoms with Crippen molar-refractivity contribution in [1.82, 2.24) is 5.32 Å². The summed E-state index contributed by atoms with van der Waals surface area (Å²) in [6, 6.07) is 6.56. The Balaban J connectivity index is 2.42. The van der Waals surface area contributed by atoms with Crippen LogP contribution in [0.2, 0.25) is 0 Å². The number of rotatable bonds is 6. The predicted molar refractivity (Wildman–Crippen MR) is 73.0 cm³/mol. The summed E-state index contributed by atoms with van der Waals surface area (Å²) in [4.78, 5) is 0. The van der Waals surface area contributed by atoms with Crippen molar-refractivity contribution in [2.75, 3.05) is 13.2 Å². The molecule has 96 valence electrons. The number of hydrogen-bond acceptors (Lipinski definition) is 2. The average Bonchev–Trinajstić information content (AvgIpc) is 2.28. The molecule has 0 heterocycles. The standard InChI is InChI=1S/C15H25NO/c1-11(2)15(10-17)9-16-8-14-6-5-12(3)13(4)7-14/h5-7,11,15-17H,8-10H2,1-4H3. The van der Waals surface area contributed by atoms with Crippen molar-refractivity contribution in [3.63, 3.8) is 0 Å². The highest BCUT2D eigenvalue weighted by Gasteiger charge is 2.11. The maximum absolute atomic E-state index is 9.23. The quantitative estimate of drug-likeness (QED) is 0.794. The summed E-state index contributed by atoms with van der Waals surface area (Å²) in [7, 11) is 0. The third kappa shape index (κ3) is 4.49. The first kappa shape index (κ1) is 14.2. The van der Waals surface area contributed by atoms with Gasteiger partial charge in [-0.3, -0.25) is 0 Å². The smallest absolute Gasteiger partial charge is 0.0473 e. The molecule has 0 bridgehead atoms. The molecule has 0 aromatic heterocycles. The Labute approximate surface area is 105 Å². The molecule has 0 radical (unpaired) electrons. The minimum Gasteiger partial charge on any atom is -0.396 e. The monoisotopic (exact) mass is 235 g/mol. The topological polar surface area (TPSA) is 32.3 Å². The highest BCUT2D eigenvalue weighted by Crippen LogP contribution is 2.11. The van der Waals surface area contributed by atoms with Crippen LogP contribution >= 0.6 is 0 Å². The zero-order valence-corrected chi connectivity index (χ0v) is 11.5. The van der Waals surface area contributed by atoms with Gasteiger partial charge in [-0.1, -0.05) is 32.0 Å². The number of benzene rings is 1. The summed E-state index contributed by atoms with van der Waals surface area (Å²) in [5.41, 5.74) is 3.99. The second-order valence-electron chi connectivity index (χ2n) is 5.24. The fraction of sp³-hybridized carbons (Fsp3) is 0.600. The number of hydrogen-bond donors (Lipinski definition) is 2. The van der Waals surface area contributed by atoms with E-state index >= 15 is 0 Å². The molecule has 1 rings (SSSR count). The van der Waals surface area contributed by atoms with E-state index in [1.165, 1.54) is 16.7 Å². The van der Waals surface area contributed by atoms with Crippen LogP contribution in [0.1, 0.15) is 30.5 Å². The van der Waals surface area contributed by atoms with E-state index in [4.69, 9.17) is 0 Å². The largest absolute Gasteiger partial charge is 0.396 e. The maximum atomic E-state index is 9.23. The molecule has 1 unspecified atom stereocenters. The molecule has 1 atom stereocenters. The fourth-order valence-electron chi connectivity index (χ4n) is 1.83. The highest BCUT2D eigenvalue weighted by molar-refractivity contribution is 5.29. The first-order valence-corrected chi connectivity index (χ1v) is 6.42. The molecule has 17 heavy (non-hydrogen) atoms. The van der Waals surface area contributed by atoms with Gasteiger partial charge in [0.05, 0.1) is 0 Å². The molecule has 2 heteroatoms. The van der Waals surface area contributed by atoms with E-state index in [9.17, 15) is 5.11 Å². The van der Waals surface area contributed by atoms with E-state index in [1.807, 2.05) is 0 Å². The Kier molecular flexibility index (Phi) is 5.66. The molecule has 2 N–H and O–H groups in total. The predicted octanol–water partition coefficient (Wildman–Crippen LogP) is 2.66. The lowest BCUT2D eigenvalue weighted by Gasteiger charge is -2.18. The molecular weight excluding hydrogens is 210 g/mol. The second kappa shape index (κ2) is 6.77. The van der Waals surface area contributed by atoms with Crippen molar-refractivity contribution < 1.29 is 5.11 Å². The molecule has 0 aliphatic heterocycles. The summed E-state index contributed by atoms with van der Waals surface area (Å²) >= 11 is 0. The maximum Gasteiger partial charge on any atom is 0.0473 e. The van der Waals surface area contributed by atoms with E-state index in [1.54, 1.807) is 0 Å². The zero-order chi connectivity index (χ0) is 12.8. The lowest BCUT2D eigenvalue weighted by Crippen LogP contribution is -2.28. The van der Waals surface area contributed by atoms with Crippen molar-refractivity contribution in [2.24, 2.45) is 11.8 Å². The van der Waals surface area contributed by atoms with Gasteiger partial charge < -0.3 is 10.4 Å². The molecule has 0 aliphatic rings. The molecule has 0 amide bonds. The van der Waals surface area contributed by atoms with Gasteiger partial charge in [0.25, 0.3) is 0 Å². The van der Waals surface area contributed by atoms with E-state index < -0.39 is 0 Å². The van der Waals surface area contributed by atoms with Crippen molar-refractivity contribution in [3.8, 4) is 0 Å². The molecule has 0 saturated carbocycles. The van der Waals surface area contributed by atoms with E-state index in [-0.39, 0.29) is 6.61 Å². The Morgan fingerprint density at radius 2 is 1.88 bits per heavy atom. The Bertz CT molecular complexity index is 347. The van der Waals surface area contributed by atoms with Gasteiger partial charge in [-0.2, -0.15) is 0 Å². The average molecular weight is 235 g/mol. The van der Waals surface area contributed by atoms with E-state index in [0.29, 0.717) is 11.8 Å². The van der Waals surface area contributed by atoms with Crippen LogP contribution in [0.15, 0.2) is 18.2 Å². The fourth-order valence-corrected chi connectivity index (χ4v) is 1.83. The van der Waals surface area contributed by atoms with Gasteiger partial charge in [0, 0.05) is 19.7 Å². The highest BCUT2D eigenvalue weighted by atomic mass is 16.3. The van der Waals surface area contributed by atoms with Gasteiger partial charge in [-0.05, 0) is 42.4 Å². The Morgan fingerprint density at radius 1 is 1.18 bits per heavy atom. The summed E-state index contributed by atoms with van der Waals surface area (Å²) in [6.07, 6.45) is 0. The van der Waals surface area contributed by atoms with Gasteiger partial charge in [0.1, 0.15) is 0 Å². The van der Waals surface area contributed by atoms with Gasteiger partial charge in [0.2, 0.25) is 0 Å². The van der Waals surface area contributed by atoms with E-state index in [2.05, 4.69) is 51.2 Å². The number of aryl methyl sites for hydroxylation is 2. The molecule has 0 aliphatic carbocycles. The van der Waals surface area contributed by atoms with E-state index in [0.717, 1.165) is 13.1 Å². The lowest BCUT2D eigenvalue weighted by molar-refractivity contribution is 0.186. The Hall–Kier alpha value is -0.860. The first-order chi connectivity index (χ1) is 8.04. The number of aliphatic hydroxyl groups excluding tert-OH is 1. The Morgan fingerprint density at radius 3 is 2.41 bits per heavy atom. The minimum atomic E-state index is 0.262. The molecule has 2 nitrogen and oxygen atoms in total. The molecular formula is C15H25NO. The van der Waals surface area contributed by atoms with Crippen LogP contribution in [0.5, 0.6) is 0 Å². The van der Waals surface area contributed by atoms with Crippen LogP contribution in [0, 0.1) is 25.7 Å². The summed E-state index contributed by atoms with van der Waals surface area (Å²) < 4.78 is 0. The van der Waals surface area contributed by atoms with Gasteiger partial charge in [-0.25, -0.2) is 0 Å². The second-order valence-corrected chi connectivity index (χ2v) is 5.24. The van der Waals surface area contributed by atoms with Crippen LogP contribution in [-0.2, 0) is 6.54 Å². The molecule has 0 spiro atoms. The minimum absolute atomic E-state index is 0.262. The van der Waals surface area contributed by atoms with Crippen LogP contribution in [-0.4, -0.2) is 18.3 Å². The van der Waals surface area contributed by atoms with Crippen LogP contribution in [0.3, 0.4) is 0 Å². The SMILES string of the molecule is Cc1ccc(CNCC(CO)C(C)C)cc1C. The van der Waals surface area contributed by atoms with Crippen molar-refractivity contribution in [1.29, 1.82) is 0 Å². The molecule has 1 aromatic rings. The third-order valence-corrected chi connectivity index (χ3v) is 3.48. The van der Waals surface area contributed by atoms with Gasteiger partial charge >= 0.3 is 0 Å². The molecule has 1 aromatic carbocycles. The summed E-state index contributed by atoms with van der Waals surface area (Å²) in [6.45, 7) is 10.6. The van der Waals surface area contributed by atoms with Gasteiger partial charge in [0.15, 0.2) is 0 Å². The van der Waals surface area contributed by atoms with Crippen LogP contribution in [0.25, 0.3) is 0 Å². The first-order valence-electron chi connectivity index (χ1n) is 6.42. The lowest BCUT2D eigenvalue weighted by atomic mass is 9.97. The van der Waals surface area contributed by atoms with Crippen LogP contribution in [0.4, 0.5) is 0 Å². The van der Waals surface area contributed by atoms with Crippen molar-refractivity contribution in [2.45, 2.75) is 34.2 Å². The zero-order valence-electron chi connectivity index (χ0n) is 11.5. The van der Waals surface area contributed by atoms with Crippen LogP contribution < -0.4 is 5.32 Å². The number of aliphatic hydroxyl groups is 1. The summed E-state index contributed by atoms with van der Waals surface area (Å²) in [5.74, 6) is 0.869. The number of nitrogens with one attached hydrogen (secondary N) is 1. The van der Waals surface area contributed by atoms with Crippen molar-refractivity contribution in [3.05, 3.63) is 34.9 Å². The third-order valence-electron chi connectivity index (χ3n) is 3.48. The van der Waals surface area contributed by atoms with Gasteiger partial charge in [-0.15, -0.1) is 0 Å². The normalized spacial score (nSPS) is 13.1. The van der Waals surface area contributed by atoms with Crippen molar-refractivity contribution >= 4 is 0 Å². The molecule has 0 saturated heterocycles.